The first kappa shape index (κ1) is 7.98. The summed E-state index contributed by atoms with van der Waals surface area (Å²) in [6.45, 7) is 3.39. The Bertz CT molecular complexity index is 108. The molecule has 1 saturated heterocycles. The summed E-state index contributed by atoms with van der Waals surface area (Å²) in [6.07, 6.45) is 0.938. The molecule has 3 heteroatoms. The maximum atomic E-state index is 9.19. The summed E-state index contributed by atoms with van der Waals surface area (Å²) in [6, 6.07) is 0. The fraction of sp³-hybridized carbons (Fsp3) is 1.00. The fourth-order valence-electron chi connectivity index (χ4n) is 1.09. The van der Waals surface area contributed by atoms with Crippen molar-refractivity contribution in [3.8, 4) is 0 Å². The first-order chi connectivity index (χ1) is 4.74. The second-order valence-corrected chi connectivity index (χ2v) is 2.78. The van der Waals surface area contributed by atoms with Gasteiger partial charge in [0.15, 0.2) is 0 Å². The summed E-state index contributed by atoms with van der Waals surface area (Å²) < 4.78 is 5.32. The van der Waals surface area contributed by atoms with Gasteiger partial charge in [-0.1, -0.05) is 6.92 Å². The molecule has 1 fully saturated rings. The molecule has 60 valence electrons. The first-order valence-corrected chi connectivity index (χ1v) is 3.74. The van der Waals surface area contributed by atoms with E-state index in [1.54, 1.807) is 0 Å². The Kier molecular flexibility index (Phi) is 2.65. The maximum Gasteiger partial charge on any atom is 0.130 e. The lowest BCUT2D eigenvalue weighted by atomic mass is 10.2. The van der Waals surface area contributed by atoms with Gasteiger partial charge in [-0.3, -0.25) is 4.90 Å². The van der Waals surface area contributed by atoms with E-state index in [1.807, 2.05) is 11.9 Å². The van der Waals surface area contributed by atoms with Crippen molar-refractivity contribution in [1.82, 2.24) is 4.90 Å². The van der Waals surface area contributed by atoms with E-state index in [1.165, 1.54) is 0 Å². The summed E-state index contributed by atoms with van der Waals surface area (Å²) in [4.78, 5) is 1.91. The van der Waals surface area contributed by atoms with Crippen molar-refractivity contribution in [2.45, 2.75) is 25.7 Å². The third kappa shape index (κ3) is 1.68. The van der Waals surface area contributed by atoms with Gasteiger partial charge in [-0.15, -0.1) is 0 Å². The summed E-state index contributed by atoms with van der Waals surface area (Å²) >= 11 is 0. The van der Waals surface area contributed by atoms with Crippen molar-refractivity contribution < 1.29 is 9.84 Å². The third-order valence-corrected chi connectivity index (χ3v) is 1.94. The molecule has 0 aromatic heterocycles. The molecule has 2 unspecified atom stereocenters. The lowest BCUT2D eigenvalue weighted by Crippen LogP contribution is -2.47. The van der Waals surface area contributed by atoms with Gasteiger partial charge in [-0.25, -0.2) is 0 Å². The Morgan fingerprint density at radius 3 is 2.90 bits per heavy atom. The van der Waals surface area contributed by atoms with Gasteiger partial charge in [-0.05, 0) is 13.5 Å². The van der Waals surface area contributed by atoms with Gasteiger partial charge in [-0.2, -0.15) is 0 Å². The van der Waals surface area contributed by atoms with Crippen LogP contribution in [0.15, 0.2) is 0 Å². The van der Waals surface area contributed by atoms with Crippen molar-refractivity contribution in [1.29, 1.82) is 0 Å². The topological polar surface area (TPSA) is 32.7 Å². The smallest absolute Gasteiger partial charge is 0.130 e. The molecule has 1 rings (SSSR count). The zero-order valence-corrected chi connectivity index (χ0v) is 6.58. The predicted molar refractivity (Wildman–Crippen MR) is 38.7 cm³/mol. The van der Waals surface area contributed by atoms with Gasteiger partial charge in [0.05, 0.1) is 12.7 Å². The van der Waals surface area contributed by atoms with E-state index in [9.17, 15) is 5.11 Å². The molecule has 1 heterocycles. The highest BCUT2D eigenvalue weighted by Gasteiger charge is 2.22. The molecule has 0 amide bonds. The number of morpholine rings is 1. The molecule has 0 bridgehead atoms. The molecule has 1 aliphatic heterocycles. The van der Waals surface area contributed by atoms with Crippen LogP contribution in [0.1, 0.15) is 13.3 Å². The first-order valence-electron chi connectivity index (χ1n) is 3.74. The van der Waals surface area contributed by atoms with Crippen LogP contribution < -0.4 is 0 Å². The van der Waals surface area contributed by atoms with Crippen molar-refractivity contribution in [3.05, 3.63) is 0 Å². The lowest BCUT2D eigenvalue weighted by Gasteiger charge is -2.33. The van der Waals surface area contributed by atoms with E-state index in [4.69, 9.17) is 4.74 Å². The van der Waals surface area contributed by atoms with Crippen LogP contribution in [0.5, 0.6) is 0 Å². The molecule has 0 aromatic rings. The molecule has 0 aliphatic carbocycles. The zero-order chi connectivity index (χ0) is 7.56. The van der Waals surface area contributed by atoms with Crippen molar-refractivity contribution >= 4 is 0 Å². The SMILES string of the molecule is CCC1CN(C)C(O)CO1. The van der Waals surface area contributed by atoms with Crippen LogP contribution in [0.4, 0.5) is 0 Å². The van der Waals surface area contributed by atoms with Crippen LogP contribution >= 0.6 is 0 Å². The highest BCUT2D eigenvalue weighted by atomic mass is 16.5. The normalized spacial score (nSPS) is 36.3. The number of ether oxygens (including phenoxy) is 1. The number of hydrogen-bond donors (Lipinski definition) is 1. The summed E-state index contributed by atoms with van der Waals surface area (Å²) in [7, 11) is 1.91. The van der Waals surface area contributed by atoms with Crippen LogP contribution in [0.2, 0.25) is 0 Å². The average molecular weight is 145 g/mol. The van der Waals surface area contributed by atoms with E-state index >= 15 is 0 Å². The molecule has 0 aromatic carbocycles. The van der Waals surface area contributed by atoms with Crippen LogP contribution in [0.3, 0.4) is 0 Å². The molecule has 3 nitrogen and oxygen atoms in total. The summed E-state index contributed by atoms with van der Waals surface area (Å²) in [5.74, 6) is 0. The highest BCUT2D eigenvalue weighted by molar-refractivity contribution is 4.69. The van der Waals surface area contributed by atoms with E-state index in [0.717, 1.165) is 13.0 Å². The maximum absolute atomic E-state index is 9.19. The van der Waals surface area contributed by atoms with Crippen LogP contribution in [0, 0.1) is 0 Å². The minimum Gasteiger partial charge on any atom is -0.376 e. The number of aliphatic hydroxyl groups excluding tert-OH is 1. The zero-order valence-electron chi connectivity index (χ0n) is 6.58. The van der Waals surface area contributed by atoms with Gasteiger partial charge in [0.1, 0.15) is 6.23 Å². The molecule has 1 aliphatic rings. The van der Waals surface area contributed by atoms with Crippen molar-refractivity contribution in [2.75, 3.05) is 20.2 Å². The van der Waals surface area contributed by atoms with Crippen LogP contribution in [0.25, 0.3) is 0 Å². The number of aliphatic hydroxyl groups is 1. The minimum absolute atomic E-state index is 0.313. The minimum atomic E-state index is -0.400. The van der Waals surface area contributed by atoms with Crippen molar-refractivity contribution in [3.63, 3.8) is 0 Å². The predicted octanol–water partition coefficient (Wildman–Crippen LogP) is 0.0454. The summed E-state index contributed by atoms with van der Waals surface area (Å²) in [5, 5.41) is 9.19. The standard InChI is InChI=1S/C7H15NO2/c1-3-6-4-8(2)7(9)5-10-6/h6-7,9H,3-5H2,1-2H3. The number of rotatable bonds is 1. The second-order valence-electron chi connectivity index (χ2n) is 2.78. The number of hydrogen-bond acceptors (Lipinski definition) is 3. The molecule has 1 N–H and O–H groups in total. The molecule has 2 atom stereocenters. The number of nitrogens with zero attached hydrogens (tertiary/aromatic N) is 1. The largest absolute Gasteiger partial charge is 0.376 e. The third-order valence-electron chi connectivity index (χ3n) is 1.94. The van der Waals surface area contributed by atoms with E-state index in [0.29, 0.717) is 12.7 Å². The Morgan fingerprint density at radius 2 is 2.40 bits per heavy atom. The monoisotopic (exact) mass is 145 g/mol. The molecular formula is C7H15NO2. The lowest BCUT2D eigenvalue weighted by molar-refractivity contribution is -0.130. The van der Waals surface area contributed by atoms with Gasteiger partial charge >= 0.3 is 0 Å². The average Bonchev–Trinajstić information content (AvgIpc) is 1.95. The highest BCUT2D eigenvalue weighted by Crippen LogP contribution is 2.09. The van der Waals surface area contributed by atoms with Crippen LogP contribution in [-0.2, 0) is 4.74 Å². The van der Waals surface area contributed by atoms with Crippen LogP contribution in [-0.4, -0.2) is 42.5 Å². The second kappa shape index (κ2) is 3.32. The van der Waals surface area contributed by atoms with Gasteiger partial charge < -0.3 is 9.84 Å². The fourth-order valence-corrected chi connectivity index (χ4v) is 1.09. The molecular weight excluding hydrogens is 130 g/mol. The molecule has 0 saturated carbocycles. The van der Waals surface area contributed by atoms with Crippen molar-refractivity contribution in [2.24, 2.45) is 0 Å². The van der Waals surface area contributed by atoms with Gasteiger partial charge in [0, 0.05) is 6.54 Å². The summed E-state index contributed by atoms with van der Waals surface area (Å²) in [5.41, 5.74) is 0. The van der Waals surface area contributed by atoms with E-state index in [-0.39, 0.29) is 0 Å². The molecule has 0 radical (unpaired) electrons. The van der Waals surface area contributed by atoms with Gasteiger partial charge in [0.2, 0.25) is 0 Å². The Morgan fingerprint density at radius 1 is 1.70 bits per heavy atom. The van der Waals surface area contributed by atoms with E-state index < -0.39 is 6.23 Å². The Labute approximate surface area is 61.6 Å². The van der Waals surface area contributed by atoms with E-state index in [2.05, 4.69) is 6.92 Å². The quantitative estimate of drug-likeness (QED) is 0.565. The molecule has 10 heavy (non-hydrogen) atoms. The Hall–Kier alpha value is -0.120. The molecule has 0 spiro atoms. The Balaban J connectivity index is 2.33. The van der Waals surface area contributed by atoms with Gasteiger partial charge in [0.25, 0.3) is 0 Å². The number of likely N-dealkylation sites (N-methyl/N-ethyl adjacent to an activating group) is 1.